The van der Waals surface area contributed by atoms with E-state index in [0.717, 1.165) is 12.1 Å². The molecule has 1 saturated heterocycles. The molecule has 0 aromatic heterocycles. The first-order valence-electron chi connectivity index (χ1n) is 5.53. The summed E-state index contributed by atoms with van der Waals surface area (Å²) in [5.41, 5.74) is 0. The summed E-state index contributed by atoms with van der Waals surface area (Å²) in [5, 5.41) is 3.52. The van der Waals surface area contributed by atoms with E-state index in [2.05, 4.69) is 29.6 Å². The molecule has 1 aliphatic carbocycles. The van der Waals surface area contributed by atoms with E-state index in [0.29, 0.717) is 0 Å². The average Bonchev–Trinajstić information content (AvgIpc) is 2.83. The van der Waals surface area contributed by atoms with E-state index < -0.39 is 0 Å². The molecule has 1 aliphatic heterocycles. The van der Waals surface area contributed by atoms with Gasteiger partial charge in [-0.1, -0.05) is 24.3 Å². The van der Waals surface area contributed by atoms with Gasteiger partial charge in [0.1, 0.15) is 0 Å². The van der Waals surface area contributed by atoms with Gasteiger partial charge in [0.2, 0.25) is 0 Å². The molecule has 1 nitrogen and oxygen atoms in total. The van der Waals surface area contributed by atoms with Crippen molar-refractivity contribution in [1.82, 2.24) is 5.32 Å². The molecule has 72 valence electrons. The third-order valence-electron chi connectivity index (χ3n) is 2.91. The molecule has 0 unspecified atom stereocenters. The van der Waals surface area contributed by atoms with Gasteiger partial charge >= 0.3 is 0 Å². The molecule has 2 atom stereocenters. The van der Waals surface area contributed by atoms with Crippen LogP contribution in [0.25, 0.3) is 0 Å². The molecule has 0 aromatic rings. The molecule has 1 N–H and O–H groups in total. The van der Waals surface area contributed by atoms with Gasteiger partial charge in [0, 0.05) is 12.1 Å². The Morgan fingerprint density at radius 3 is 2.54 bits per heavy atom. The lowest BCUT2D eigenvalue weighted by Gasteiger charge is -1.95. The van der Waals surface area contributed by atoms with Gasteiger partial charge in [0.25, 0.3) is 0 Å². The van der Waals surface area contributed by atoms with Crippen LogP contribution in [0.3, 0.4) is 0 Å². The fourth-order valence-corrected chi connectivity index (χ4v) is 1.96. The van der Waals surface area contributed by atoms with Crippen LogP contribution in [0.5, 0.6) is 0 Å². The van der Waals surface area contributed by atoms with Gasteiger partial charge in [-0.2, -0.15) is 0 Å². The zero-order valence-corrected chi connectivity index (χ0v) is 8.21. The highest BCUT2D eigenvalue weighted by Crippen LogP contribution is 2.21. The van der Waals surface area contributed by atoms with E-state index in [1.807, 2.05) is 0 Å². The van der Waals surface area contributed by atoms with E-state index in [4.69, 9.17) is 0 Å². The number of hydrogen-bond donors (Lipinski definition) is 1. The summed E-state index contributed by atoms with van der Waals surface area (Å²) >= 11 is 0. The monoisotopic (exact) mass is 177 g/mol. The molecule has 0 aromatic carbocycles. The molecular weight excluding hydrogens is 158 g/mol. The van der Waals surface area contributed by atoms with Crippen molar-refractivity contribution in [2.45, 2.75) is 50.6 Å². The number of fused-ring (bicyclic) bond motifs is 1. The molecule has 1 heteroatoms. The molecule has 0 spiro atoms. The normalized spacial score (nSPS) is 36.9. The topological polar surface area (TPSA) is 21.9 Å². The van der Waals surface area contributed by atoms with Crippen LogP contribution in [0.1, 0.15) is 38.5 Å². The molecule has 0 radical (unpaired) electrons. The minimum absolute atomic E-state index is 0.795. The first-order chi connectivity index (χ1) is 6.47. The summed E-state index contributed by atoms with van der Waals surface area (Å²) in [6, 6.07) is 1.61. The number of rotatable bonds is 0. The third kappa shape index (κ3) is 3.00. The predicted octanol–water partition coefficient (Wildman–Crippen LogP) is 2.79. The fourth-order valence-electron chi connectivity index (χ4n) is 1.96. The first-order valence-corrected chi connectivity index (χ1v) is 5.53. The second-order valence-corrected chi connectivity index (χ2v) is 4.07. The van der Waals surface area contributed by atoms with Crippen molar-refractivity contribution in [3.05, 3.63) is 24.3 Å². The van der Waals surface area contributed by atoms with Crippen molar-refractivity contribution in [2.75, 3.05) is 0 Å². The summed E-state index contributed by atoms with van der Waals surface area (Å²) in [4.78, 5) is 0. The Kier molecular flexibility index (Phi) is 3.20. The van der Waals surface area contributed by atoms with Crippen LogP contribution in [-0.2, 0) is 0 Å². The number of nitrogens with one attached hydrogen (secondary N) is 1. The largest absolute Gasteiger partial charge is 0.308 e. The second kappa shape index (κ2) is 4.61. The van der Waals surface area contributed by atoms with Crippen LogP contribution in [0, 0.1) is 0 Å². The Labute approximate surface area is 80.9 Å². The van der Waals surface area contributed by atoms with Gasteiger partial charge < -0.3 is 5.32 Å². The zero-order valence-electron chi connectivity index (χ0n) is 8.21. The van der Waals surface area contributed by atoms with E-state index >= 15 is 0 Å². The molecule has 0 amide bonds. The van der Waals surface area contributed by atoms with Crippen molar-refractivity contribution in [2.24, 2.45) is 0 Å². The maximum atomic E-state index is 3.52. The predicted molar refractivity (Wildman–Crippen MR) is 56.7 cm³/mol. The molecule has 0 saturated carbocycles. The molecular formula is C12H19N. The maximum absolute atomic E-state index is 3.52. The summed E-state index contributed by atoms with van der Waals surface area (Å²) in [6.45, 7) is 0. The van der Waals surface area contributed by atoms with Gasteiger partial charge in [-0.25, -0.2) is 0 Å². The van der Waals surface area contributed by atoms with Gasteiger partial charge in [-0.05, 0) is 38.5 Å². The lowest BCUT2D eigenvalue weighted by molar-refractivity contribution is 0.778. The van der Waals surface area contributed by atoms with Crippen LogP contribution < -0.4 is 5.32 Å². The fraction of sp³-hybridized carbons (Fsp3) is 0.667. The van der Waals surface area contributed by atoms with Crippen LogP contribution in [-0.4, -0.2) is 12.1 Å². The van der Waals surface area contributed by atoms with Crippen LogP contribution in [0.4, 0.5) is 0 Å². The lowest BCUT2D eigenvalue weighted by Crippen LogP contribution is -1.92. The standard InChI is InChI=1S/C12H19N/c1-2-4-6-8-10-12-11(13-12)9-7-5-3-1/h3,5-6,8,11-13H,1-2,4,7,9-10H2/b5-3?,8-6+/t11-,12+/m1/s1. The van der Waals surface area contributed by atoms with Gasteiger partial charge in [0.05, 0.1) is 0 Å². The van der Waals surface area contributed by atoms with Crippen molar-refractivity contribution in [3.63, 3.8) is 0 Å². The minimum Gasteiger partial charge on any atom is -0.308 e. The molecule has 1 heterocycles. The highest BCUT2D eigenvalue weighted by Gasteiger charge is 2.33. The zero-order chi connectivity index (χ0) is 8.93. The van der Waals surface area contributed by atoms with Crippen molar-refractivity contribution in [1.29, 1.82) is 0 Å². The van der Waals surface area contributed by atoms with E-state index in [-0.39, 0.29) is 0 Å². The van der Waals surface area contributed by atoms with E-state index in [1.54, 1.807) is 0 Å². The average molecular weight is 177 g/mol. The Hall–Kier alpha value is -0.560. The summed E-state index contributed by atoms with van der Waals surface area (Å²) in [6.07, 6.45) is 17.0. The Morgan fingerprint density at radius 1 is 0.846 bits per heavy atom. The van der Waals surface area contributed by atoms with Gasteiger partial charge in [0.15, 0.2) is 0 Å². The SMILES string of the molecule is C1=CCC[C@H]2N[C@H]2C/C=C/CCC1. The van der Waals surface area contributed by atoms with Crippen molar-refractivity contribution >= 4 is 0 Å². The highest BCUT2D eigenvalue weighted by molar-refractivity contribution is 5.04. The van der Waals surface area contributed by atoms with Crippen molar-refractivity contribution in [3.8, 4) is 0 Å². The van der Waals surface area contributed by atoms with Crippen LogP contribution in [0.2, 0.25) is 0 Å². The quantitative estimate of drug-likeness (QED) is 0.446. The van der Waals surface area contributed by atoms with Gasteiger partial charge in [-0.3, -0.25) is 0 Å². The van der Waals surface area contributed by atoms with Gasteiger partial charge in [-0.15, -0.1) is 0 Å². The Bertz CT molecular complexity index is 205. The summed E-state index contributed by atoms with van der Waals surface area (Å²) in [7, 11) is 0. The lowest BCUT2D eigenvalue weighted by atomic mass is 10.1. The highest BCUT2D eigenvalue weighted by atomic mass is 15.1. The maximum Gasteiger partial charge on any atom is 0.0259 e. The minimum atomic E-state index is 0.795. The molecule has 0 bridgehead atoms. The molecule has 1 fully saturated rings. The molecule has 2 aliphatic rings. The van der Waals surface area contributed by atoms with Crippen LogP contribution in [0.15, 0.2) is 24.3 Å². The van der Waals surface area contributed by atoms with Crippen LogP contribution >= 0.6 is 0 Å². The second-order valence-electron chi connectivity index (χ2n) is 4.07. The Balaban J connectivity index is 1.80. The Morgan fingerprint density at radius 2 is 1.62 bits per heavy atom. The molecule has 2 rings (SSSR count). The summed E-state index contributed by atoms with van der Waals surface area (Å²) in [5.74, 6) is 0. The molecule has 13 heavy (non-hydrogen) atoms. The summed E-state index contributed by atoms with van der Waals surface area (Å²) < 4.78 is 0. The third-order valence-corrected chi connectivity index (χ3v) is 2.91. The van der Waals surface area contributed by atoms with E-state index in [9.17, 15) is 0 Å². The van der Waals surface area contributed by atoms with E-state index in [1.165, 1.54) is 38.5 Å². The first kappa shape index (κ1) is 9.01. The smallest absolute Gasteiger partial charge is 0.0259 e. The number of allylic oxidation sites excluding steroid dienone is 3. The van der Waals surface area contributed by atoms with Crippen molar-refractivity contribution < 1.29 is 0 Å². The number of hydrogen-bond acceptors (Lipinski definition) is 1.